The monoisotopic (exact) mass is 611 g/mol. The van der Waals surface area contributed by atoms with Gasteiger partial charge in [-0.15, -0.1) is 0 Å². The number of carbonyl (C=O) groups is 4. The molecule has 11 nitrogen and oxygen atoms in total. The van der Waals surface area contributed by atoms with Gasteiger partial charge in [-0.2, -0.15) is 0 Å². The lowest BCUT2D eigenvalue weighted by atomic mass is 10.0. The van der Waals surface area contributed by atoms with Crippen molar-refractivity contribution in [3.63, 3.8) is 0 Å². The van der Waals surface area contributed by atoms with Crippen LogP contribution >= 0.6 is 0 Å². The van der Waals surface area contributed by atoms with Crippen LogP contribution in [0, 0.1) is 0 Å². The Balaban J connectivity index is 1.31. The predicted molar refractivity (Wildman–Crippen MR) is 168 cm³/mol. The zero-order chi connectivity index (χ0) is 31.9. The fraction of sp³-hybridized carbons (Fsp3) is 0.294. The number of nitrogens with zero attached hydrogens (tertiary/aromatic N) is 1. The van der Waals surface area contributed by atoms with Gasteiger partial charge in [-0.25, -0.2) is 4.79 Å². The van der Waals surface area contributed by atoms with Crippen LogP contribution in [0.2, 0.25) is 0 Å². The number of aromatic nitrogens is 1. The van der Waals surface area contributed by atoms with Gasteiger partial charge < -0.3 is 36.5 Å². The number of hydrogen-bond acceptors (Lipinski definition) is 6. The number of carboxylic acids is 1. The average Bonchev–Trinajstić information content (AvgIpc) is 3.69. The van der Waals surface area contributed by atoms with Crippen molar-refractivity contribution >= 4 is 34.6 Å². The Morgan fingerprint density at radius 2 is 1.56 bits per heavy atom. The van der Waals surface area contributed by atoms with Gasteiger partial charge in [-0.3, -0.25) is 14.4 Å². The zero-order valence-corrected chi connectivity index (χ0v) is 24.7. The molecule has 7 N–H and O–H groups in total. The smallest absolute Gasteiger partial charge is 0.326 e. The maximum Gasteiger partial charge on any atom is 0.326 e. The number of phenolic OH excluding ortho intramolecular Hbond substituents is 1. The summed E-state index contributed by atoms with van der Waals surface area (Å²) in [5.74, 6) is -2.72. The minimum atomic E-state index is -1.27. The number of phenols is 1. The minimum absolute atomic E-state index is 0.0230. The van der Waals surface area contributed by atoms with Crippen molar-refractivity contribution in [1.29, 1.82) is 0 Å². The van der Waals surface area contributed by atoms with E-state index in [2.05, 4.69) is 15.6 Å². The van der Waals surface area contributed by atoms with E-state index in [1.165, 1.54) is 17.0 Å². The molecule has 0 saturated carbocycles. The number of nitrogens with two attached hydrogens (primary N) is 1. The summed E-state index contributed by atoms with van der Waals surface area (Å²) in [6.45, 7) is 0.361. The molecule has 11 heteroatoms. The van der Waals surface area contributed by atoms with E-state index in [1.807, 2.05) is 54.6 Å². The number of amides is 3. The number of aliphatic carboxylic acids is 1. The molecule has 0 aliphatic carbocycles. The van der Waals surface area contributed by atoms with Crippen LogP contribution in [0.25, 0.3) is 10.9 Å². The highest BCUT2D eigenvalue weighted by Crippen LogP contribution is 2.21. The summed E-state index contributed by atoms with van der Waals surface area (Å²) < 4.78 is 0. The van der Waals surface area contributed by atoms with Crippen molar-refractivity contribution in [1.82, 2.24) is 20.5 Å². The number of nitrogens with one attached hydrogen (secondary N) is 3. The second-order valence-corrected chi connectivity index (χ2v) is 11.4. The van der Waals surface area contributed by atoms with Crippen LogP contribution in [0.5, 0.6) is 5.75 Å². The first-order valence-corrected chi connectivity index (χ1v) is 15.0. The van der Waals surface area contributed by atoms with Crippen LogP contribution in [0.3, 0.4) is 0 Å². The molecule has 234 valence electrons. The number of carbonyl (C=O) groups excluding carboxylic acids is 3. The summed E-state index contributed by atoms with van der Waals surface area (Å²) in [4.78, 5) is 57.5. The molecular weight excluding hydrogens is 574 g/mol. The summed E-state index contributed by atoms with van der Waals surface area (Å²) in [5.41, 5.74) is 9.38. The van der Waals surface area contributed by atoms with E-state index >= 15 is 0 Å². The van der Waals surface area contributed by atoms with Gasteiger partial charge in [0.15, 0.2) is 0 Å². The van der Waals surface area contributed by atoms with Crippen LogP contribution in [-0.2, 0) is 38.4 Å². The first kappa shape index (κ1) is 31.3. The molecule has 4 aromatic rings. The number of hydrogen-bond donors (Lipinski definition) is 6. The topological polar surface area (TPSA) is 178 Å². The fourth-order valence-electron chi connectivity index (χ4n) is 5.81. The number of fused-ring (bicyclic) bond motifs is 1. The summed E-state index contributed by atoms with van der Waals surface area (Å²) in [6.07, 6.45) is 3.10. The van der Waals surface area contributed by atoms with E-state index in [0.29, 0.717) is 31.4 Å². The van der Waals surface area contributed by atoms with Crippen LogP contribution < -0.4 is 16.4 Å². The molecule has 3 amide bonds. The number of para-hydroxylation sites is 1. The van der Waals surface area contributed by atoms with E-state index in [1.54, 1.807) is 18.3 Å². The van der Waals surface area contributed by atoms with Gasteiger partial charge in [0, 0.05) is 36.5 Å². The van der Waals surface area contributed by atoms with Gasteiger partial charge in [0.1, 0.15) is 23.9 Å². The number of aromatic hydroxyl groups is 1. The van der Waals surface area contributed by atoms with E-state index in [0.717, 1.165) is 22.0 Å². The molecule has 0 unspecified atom stereocenters. The molecule has 1 saturated heterocycles. The molecule has 45 heavy (non-hydrogen) atoms. The zero-order valence-electron chi connectivity index (χ0n) is 24.7. The molecule has 1 aromatic heterocycles. The van der Waals surface area contributed by atoms with Crippen molar-refractivity contribution in [2.45, 2.75) is 56.3 Å². The maximum atomic E-state index is 13.7. The number of carboxylic acid groups (broad SMARTS) is 1. The summed E-state index contributed by atoms with van der Waals surface area (Å²) in [6, 6.07) is 19.0. The SMILES string of the molecule is N[C@@H](Cc1ccccc1)C(=O)N1CCC[C@@H]1C(=O)N[C@@H](Cc1ccc(O)cc1)C(=O)N[C@H](Cc1c[nH]c2ccccc12)C(=O)O. The van der Waals surface area contributed by atoms with Crippen molar-refractivity contribution < 1.29 is 29.4 Å². The third-order valence-corrected chi connectivity index (χ3v) is 8.18. The lowest BCUT2D eigenvalue weighted by Crippen LogP contribution is -2.57. The van der Waals surface area contributed by atoms with Gasteiger partial charge in [0.25, 0.3) is 0 Å². The highest BCUT2D eigenvalue weighted by Gasteiger charge is 2.38. The number of benzene rings is 3. The first-order chi connectivity index (χ1) is 21.7. The largest absolute Gasteiger partial charge is 0.508 e. The van der Waals surface area contributed by atoms with Crippen molar-refractivity contribution in [3.8, 4) is 5.75 Å². The van der Waals surface area contributed by atoms with Gasteiger partial charge in [0.05, 0.1) is 6.04 Å². The van der Waals surface area contributed by atoms with Crippen LogP contribution in [0.4, 0.5) is 0 Å². The molecule has 5 rings (SSSR count). The molecule has 0 bridgehead atoms. The maximum absolute atomic E-state index is 13.7. The van der Waals surface area contributed by atoms with E-state index < -0.39 is 42.0 Å². The lowest BCUT2D eigenvalue weighted by molar-refractivity contribution is -0.143. The van der Waals surface area contributed by atoms with Crippen molar-refractivity contribution in [2.24, 2.45) is 5.73 Å². The Labute approximate surface area is 260 Å². The van der Waals surface area contributed by atoms with E-state index in [4.69, 9.17) is 5.73 Å². The summed E-state index contributed by atoms with van der Waals surface area (Å²) in [7, 11) is 0. The number of likely N-dealkylation sites (tertiary alicyclic amines) is 1. The van der Waals surface area contributed by atoms with E-state index in [-0.39, 0.29) is 24.5 Å². The third-order valence-electron chi connectivity index (χ3n) is 8.18. The highest BCUT2D eigenvalue weighted by molar-refractivity contribution is 5.95. The van der Waals surface area contributed by atoms with Gasteiger partial charge in [-0.1, -0.05) is 60.7 Å². The van der Waals surface area contributed by atoms with E-state index in [9.17, 15) is 29.4 Å². The third kappa shape index (κ3) is 7.68. The molecule has 2 heterocycles. The number of H-pyrrole nitrogens is 1. The molecule has 1 aliphatic heterocycles. The highest BCUT2D eigenvalue weighted by atomic mass is 16.4. The van der Waals surface area contributed by atoms with Crippen molar-refractivity contribution in [3.05, 3.63) is 102 Å². The molecule has 0 spiro atoms. The van der Waals surface area contributed by atoms with Crippen LogP contribution in [0.15, 0.2) is 85.1 Å². The first-order valence-electron chi connectivity index (χ1n) is 15.0. The van der Waals surface area contributed by atoms with Crippen molar-refractivity contribution in [2.75, 3.05) is 6.54 Å². The van der Waals surface area contributed by atoms with Gasteiger partial charge in [-0.05, 0) is 54.2 Å². The molecule has 3 aromatic carbocycles. The normalized spacial score (nSPS) is 16.6. The Bertz CT molecular complexity index is 1650. The minimum Gasteiger partial charge on any atom is -0.508 e. The Morgan fingerprint density at radius 3 is 2.29 bits per heavy atom. The fourth-order valence-corrected chi connectivity index (χ4v) is 5.81. The quantitative estimate of drug-likeness (QED) is 0.142. The number of rotatable bonds is 12. The molecule has 1 fully saturated rings. The van der Waals surface area contributed by atoms with Gasteiger partial charge in [0.2, 0.25) is 17.7 Å². The second kappa shape index (κ2) is 14.1. The summed E-state index contributed by atoms with van der Waals surface area (Å²) in [5, 5.41) is 26.0. The molecule has 1 aliphatic rings. The van der Waals surface area contributed by atoms with Crippen LogP contribution in [0.1, 0.15) is 29.5 Å². The molecule has 4 atom stereocenters. The van der Waals surface area contributed by atoms with Crippen LogP contribution in [-0.4, -0.2) is 74.5 Å². The molecular formula is C34H37N5O6. The second-order valence-electron chi connectivity index (χ2n) is 11.4. The Hall–Kier alpha value is -5.16. The predicted octanol–water partition coefficient (Wildman–Crippen LogP) is 2.27. The number of aromatic amines is 1. The average molecular weight is 612 g/mol. The summed E-state index contributed by atoms with van der Waals surface area (Å²) >= 11 is 0. The Kier molecular flexibility index (Phi) is 9.79. The Morgan fingerprint density at radius 1 is 0.867 bits per heavy atom. The lowest BCUT2D eigenvalue weighted by Gasteiger charge is -2.29. The van der Waals surface area contributed by atoms with Gasteiger partial charge >= 0.3 is 5.97 Å². The molecule has 0 radical (unpaired) electrons. The standard InChI is InChI=1S/C34H37N5O6/c35-26(17-21-7-2-1-3-8-21)33(43)39-16-6-11-30(39)32(42)37-28(18-22-12-14-24(40)15-13-22)31(41)38-29(34(44)45)19-23-20-36-27-10-5-4-9-25(23)27/h1-5,7-10,12-15,20,26,28-30,36,40H,6,11,16-19,35H2,(H,37,42)(H,38,41)(H,44,45)/t26-,28-,29+,30+/m0/s1.